The van der Waals surface area contributed by atoms with Gasteiger partial charge in [0.05, 0.1) is 10.5 Å². The lowest BCUT2D eigenvalue weighted by Crippen LogP contribution is -2.22. The Kier molecular flexibility index (Phi) is 4.41. The molecule has 1 fully saturated rings. The quantitative estimate of drug-likeness (QED) is 0.856. The van der Waals surface area contributed by atoms with E-state index in [1.807, 2.05) is 0 Å². The lowest BCUT2D eigenvalue weighted by Gasteiger charge is -2.11. The van der Waals surface area contributed by atoms with Gasteiger partial charge in [-0.15, -0.1) is 0 Å². The number of carbonyl (C=O) groups is 1. The second kappa shape index (κ2) is 5.79. The minimum atomic E-state index is -4.61. The SMILES string of the molecule is O=C(CS(=O)(=O)c1cccc(C(F)(F)F)c1)C1CCCC1. The molecule has 0 spiro atoms. The molecule has 0 N–H and O–H groups in total. The van der Waals surface area contributed by atoms with Crippen molar-refractivity contribution in [1.82, 2.24) is 0 Å². The molecule has 21 heavy (non-hydrogen) atoms. The molecule has 1 saturated carbocycles. The monoisotopic (exact) mass is 320 g/mol. The van der Waals surface area contributed by atoms with Gasteiger partial charge in [-0.05, 0) is 31.0 Å². The number of ketones is 1. The molecule has 0 saturated heterocycles. The van der Waals surface area contributed by atoms with E-state index in [0.717, 1.165) is 31.0 Å². The van der Waals surface area contributed by atoms with Crippen molar-refractivity contribution in [1.29, 1.82) is 0 Å². The van der Waals surface area contributed by atoms with Crippen molar-refractivity contribution in [2.24, 2.45) is 5.92 Å². The topological polar surface area (TPSA) is 51.2 Å². The molecule has 1 aromatic rings. The molecule has 7 heteroatoms. The molecule has 0 bridgehead atoms. The third-order valence-corrected chi connectivity index (χ3v) is 5.30. The summed E-state index contributed by atoms with van der Waals surface area (Å²) >= 11 is 0. The maximum Gasteiger partial charge on any atom is 0.416 e. The Bertz CT molecular complexity index is 629. The number of hydrogen-bond donors (Lipinski definition) is 0. The van der Waals surface area contributed by atoms with Crippen LogP contribution >= 0.6 is 0 Å². The summed E-state index contributed by atoms with van der Waals surface area (Å²) in [7, 11) is -4.03. The lowest BCUT2D eigenvalue weighted by atomic mass is 10.0. The van der Waals surface area contributed by atoms with E-state index in [0.29, 0.717) is 18.9 Å². The molecule has 1 aliphatic carbocycles. The van der Waals surface area contributed by atoms with Crippen molar-refractivity contribution < 1.29 is 26.4 Å². The molecule has 1 aromatic carbocycles. The standard InChI is InChI=1S/C14H15F3O3S/c15-14(16,17)11-6-3-7-12(8-11)21(19,20)9-13(18)10-4-1-2-5-10/h3,6-8,10H,1-2,4-5,9H2. The van der Waals surface area contributed by atoms with E-state index in [1.165, 1.54) is 0 Å². The van der Waals surface area contributed by atoms with Gasteiger partial charge in [0.2, 0.25) is 0 Å². The maximum absolute atomic E-state index is 12.6. The van der Waals surface area contributed by atoms with Crippen LogP contribution < -0.4 is 0 Å². The Labute approximate surface area is 121 Å². The van der Waals surface area contributed by atoms with Gasteiger partial charge in [0.1, 0.15) is 5.75 Å². The highest BCUT2D eigenvalue weighted by Gasteiger charge is 2.33. The molecule has 0 radical (unpaired) electrons. The summed E-state index contributed by atoms with van der Waals surface area (Å²) in [6.07, 6.45) is -1.51. The van der Waals surface area contributed by atoms with Crippen molar-refractivity contribution in [2.45, 2.75) is 36.8 Å². The van der Waals surface area contributed by atoms with E-state index in [4.69, 9.17) is 0 Å². The zero-order chi connectivity index (χ0) is 15.7. The zero-order valence-electron chi connectivity index (χ0n) is 11.2. The predicted molar refractivity (Wildman–Crippen MR) is 70.5 cm³/mol. The van der Waals surface area contributed by atoms with Gasteiger partial charge in [0.15, 0.2) is 15.6 Å². The van der Waals surface area contributed by atoms with E-state index in [2.05, 4.69) is 0 Å². The second-order valence-electron chi connectivity index (χ2n) is 5.23. The molecule has 0 unspecified atom stereocenters. The first kappa shape index (κ1) is 16.0. The van der Waals surface area contributed by atoms with E-state index in [1.54, 1.807) is 0 Å². The second-order valence-corrected chi connectivity index (χ2v) is 7.22. The van der Waals surface area contributed by atoms with Crippen LogP contribution in [0.3, 0.4) is 0 Å². The smallest absolute Gasteiger partial charge is 0.298 e. The average molecular weight is 320 g/mol. The van der Waals surface area contributed by atoms with Crippen molar-refractivity contribution in [2.75, 3.05) is 5.75 Å². The summed E-state index contributed by atoms with van der Waals surface area (Å²) < 4.78 is 62.0. The van der Waals surface area contributed by atoms with Crippen molar-refractivity contribution in [3.05, 3.63) is 29.8 Å². The number of halogens is 3. The maximum atomic E-state index is 12.6. The molecular weight excluding hydrogens is 305 g/mol. The zero-order valence-corrected chi connectivity index (χ0v) is 12.0. The highest BCUT2D eigenvalue weighted by atomic mass is 32.2. The van der Waals surface area contributed by atoms with Crippen molar-refractivity contribution >= 4 is 15.6 Å². The molecule has 0 heterocycles. The number of carbonyl (C=O) groups excluding carboxylic acids is 1. The first-order chi connectivity index (χ1) is 9.70. The van der Waals surface area contributed by atoms with Gasteiger partial charge in [-0.1, -0.05) is 18.9 Å². The lowest BCUT2D eigenvalue weighted by molar-refractivity contribution is -0.137. The molecule has 1 aliphatic rings. The number of hydrogen-bond acceptors (Lipinski definition) is 3. The normalized spacial score (nSPS) is 17.1. The van der Waals surface area contributed by atoms with E-state index < -0.39 is 38.0 Å². The minimum absolute atomic E-state index is 0.273. The van der Waals surface area contributed by atoms with Gasteiger partial charge in [-0.2, -0.15) is 13.2 Å². The summed E-state index contributed by atoms with van der Waals surface area (Å²) in [6.45, 7) is 0. The minimum Gasteiger partial charge on any atom is -0.298 e. The van der Waals surface area contributed by atoms with Crippen LogP contribution in [0.25, 0.3) is 0 Å². The van der Waals surface area contributed by atoms with Gasteiger partial charge in [0.25, 0.3) is 0 Å². The number of alkyl halides is 3. The van der Waals surface area contributed by atoms with Gasteiger partial charge in [0, 0.05) is 5.92 Å². The number of sulfone groups is 1. The van der Waals surface area contributed by atoms with Crippen LogP contribution in [0.4, 0.5) is 13.2 Å². The van der Waals surface area contributed by atoms with E-state index >= 15 is 0 Å². The van der Waals surface area contributed by atoms with Crippen LogP contribution in [-0.2, 0) is 20.8 Å². The van der Waals surface area contributed by atoms with E-state index in [9.17, 15) is 26.4 Å². The summed E-state index contributed by atoms with van der Waals surface area (Å²) in [5.74, 6) is -1.39. The summed E-state index contributed by atoms with van der Waals surface area (Å²) in [6, 6.07) is 3.51. The summed E-state index contributed by atoms with van der Waals surface area (Å²) in [5, 5.41) is 0. The third kappa shape index (κ3) is 3.84. The average Bonchev–Trinajstić information content (AvgIpc) is 2.91. The van der Waals surface area contributed by atoms with Crippen LogP contribution in [0.5, 0.6) is 0 Å². The summed E-state index contributed by atoms with van der Waals surface area (Å²) in [5.41, 5.74) is -1.03. The fourth-order valence-electron chi connectivity index (χ4n) is 2.50. The Morgan fingerprint density at radius 3 is 2.38 bits per heavy atom. The van der Waals surface area contributed by atoms with Crippen molar-refractivity contribution in [3.8, 4) is 0 Å². The third-order valence-electron chi connectivity index (χ3n) is 3.66. The molecule has 116 valence electrons. The van der Waals surface area contributed by atoms with Gasteiger partial charge < -0.3 is 0 Å². The molecular formula is C14H15F3O3S. The number of Topliss-reactive ketones (excluding diaryl/α,β-unsaturated/α-hetero) is 1. The molecule has 0 atom stereocenters. The molecule has 3 nitrogen and oxygen atoms in total. The Hall–Kier alpha value is -1.37. The Balaban J connectivity index is 2.21. The van der Waals surface area contributed by atoms with Gasteiger partial charge in [-0.3, -0.25) is 4.79 Å². The largest absolute Gasteiger partial charge is 0.416 e. The van der Waals surface area contributed by atoms with Crippen molar-refractivity contribution in [3.63, 3.8) is 0 Å². The fourth-order valence-corrected chi connectivity index (χ4v) is 3.87. The Morgan fingerprint density at radius 2 is 1.81 bits per heavy atom. The molecule has 0 aromatic heterocycles. The van der Waals surface area contributed by atoms with E-state index in [-0.39, 0.29) is 5.92 Å². The predicted octanol–water partition coefficient (Wildman–Crippen LogP) is 3.24. The molecule has 0 amide bonds. The van der Waals surface area contributed by atoms with Gasteiger partial charge >= 0.3 is 6.18 Å². The highest BCUT2D eigenvalue weighted by Crippen LogP contribution is 2.31. The van der Waals surface area contributed by atoms with Crippen LogP contribution in [0.1, 0.15) is 31.2 Å². The van der Waals surface area contributed by atoms with Gasteiger partial charge in [-0.25, -0.2) is 8.42 Å². The van der Waals surface area contributed by atoms with Crippen LogP contribution in [0, 0.1) is 5.92 Å². The first-order valence-corrected chi connectivity index (χ1v) is 8.28. The number of rotatable bonds is 4. The molecule has 2 rings (SSSR count). The fraction of sp³-hybridized carbons (Fsp3) is 0.500. The summed E-state index contributed by atoms with van der Waals surface area (Å²) in [4.78, 5) is 11.5. The Morgan fingerprint density at radius 1 is 1.19 bits per heavy atom. The van der Waals surface area contributed by atoms with Crippen LogP contribution in [0.15, 0.2) is 29.2 Å². The highest BCUT2D eigenvalue weighted by molar-refractivity contribution is 7.92. The first-order valence-electron chi connectivity index (χ1n) is 6.63. The number of benzene rings is 1. The van der Waals surface area contributed by atoms with Crippen LogP contribution in [-0.4, -0.2) is 20.0 Å². The van der Waals surface area contributed by atoms with Crippen LogP contribution in [0.2, 0.25) is 0 Å². The molecule has 0 aliphatic heterocycles.